The van der Waals surface area contributed by atoms with Crippen molar-refractivity contribution in [3.63, 3.8) is 0 Å². The molecule has 3 aromatic rings. The van der Waals surface area contributed by atoms with E-state index in [1.807, 2.05) is 0 Å². The van der Waals surface area contributed by atoms with Crippen LogP contribution in [-0.2, 0) is 0 Å². The molecule has 9 nitrogen and oxygen atoms in total. The Kier molecular flexibility index (Phi) is 5.19. The smallest absolute Gasteiger partial charge is 0.341 e. The first-order chi connectivity index (χ1) is 15.9. The maximum absolute atomic E-state index is 14.2. The van der Waals surface area contributed by atoms with E-state index in [4.69, 9.17) is 9.26 Å². The second kappa shape index (κ2) is 8.19. The van der Waals surface area contributed by atoms with Crippen LogP contribution in [0.15, 0.2) is 40.2 Å². The molecule has 4 heterocycles. The van der Waals surface area contributed by atoms with Crippen LogP contribution in [0.1, 0.15) is 23.8 Å². The standard InChI is InChI=1S/C21H17F3N6O3/c1-11-16(7-27-33-11)19-25-8-17(24)20(28-19)32-15-9-29(10-15)21(31)30-18(2-3-26-30)12-4-13(22)6-14(23)5-12/h3-8,15,18H,2,9-10H2,1H3/t18-/m0/s1. The Morgan fingerprint density at radius 3 is 2.61 bits per heavy atom. The Balaban J connectivity index is 1.24. The van der Waals surface area contributed by atoms with Gasteiger partial charge in [-0.1, -0.05) is 5.16 Å². The molecule has 0 bridgehead atoms. The zero-order chi connectivity index (χ0) is 23.1. The van der Waals surface area contributed by atoms with E-state index >= 15 is 0 Å². The van der Waals surface area contributed by atoms with Gasteiger partial charge in [-0.3, -0.25) is 0 Å². The van der Waals surface area contributed by atoms with E-state index in [1.165, 1.54) is 34.5 Å². The summed E-state index contributed by atoms with van der Waals surface area (Å²) in [4.78, 5) is 22.3. The Hall–Kier alpha value is -3.96. The number of aryl methyl sites for hydroxylation is 1. The molecular weight excluding hydrogens is 441 g/mol. The van der Waals surface area contributed by atoms with Gasteiger partial charge in [0.25, 0.3) is 5.88 Å². The summed E-state index contributed by atoms with van der Waals surface area (Å²) >= 11 is 0. The number of nitrogens with zero attached hydrogens (tertiary/aromatic N) is 6. The van der Waals surface area contributed by atoms with Crippen LogP contribution in [0.3, 0.4) is 0 Å². The van der Waals surface area contributed by atoms with Crippen LogP contribution in [0.2, 0.25) is 0 Å². The number of ether oxygens (including phenoxy) is 1. The highest BCUT2D eigenvalue weighted by Gasteiger charge is 2.39. The SMILES string of the molecule is Cc1oncc1-c1ncc(F)c(OC2CN(C(=O)N3N=CC[C@H]3c3cc(F)cc(F)c3)C2)n1. The van der Waals surface area contributed by atoms with Crippen LogP contribution in [-0.4, -0.2) is 56.5 Å². The average Bonchev–Trinajstić information content (AvgIpc) is 3.39. The zero-order valence-corrected chi connectivity index (χ0v) is 17.3. The molecule has 1 aromatic carbocycles. The van der Waals surface area contributed by atoms with Crippen molar-refractivity contribution >= 4 is 12.2 Å². The molecule has 1 saturated heterocycles. The first kappa shape index (κ1) is 20.9. The lowest BCUT2D eigenvalue weighted by Gasteiger charge is -2.40. The van der Waals surface area contributed by atoms with Gasteiger partial charge in [0.1, 0.15) is 23.5 Å². The van der Waals surface area contributed by atoms with Gasteiger partial charge in [-0.25, -0.2) is 23.6 Å². The Bertz CT molecular complexity index is 1220. The third-order valence-electron chi connectivity index (χ3n) is 5.40. The summed E-state index contributed by atoms with van der Waals surface area (Å²) in [6.45, 7) is 2.01. The predicted molar refractivity (Wildman–Crippen MR) is 108 cm³/mol. The quantitative estimate of drug-likeness (QED) is 0.594. The van der Waals surface area contributed by atoms with Crippen molar-refractivity contribution in [3.05, 3.63) is 59.4 Å². The molecule has 0 unspecified atom stereocenters. The molecule has 2 amide bonds. The highest BCUT2D eigenvalue weighted by molar-refractivity contribution is 5.79. The molecule has 0 aliphatic carbocycles. The molecule has 170 valence electrons. The molecule has 2 aliphatic rings. The molecule has 1 fully saturated rings. The third-order valence-corrected chi connectivity index (χ3v) is 5.40. The topological polar surface area (TPSA) is 97.0 Å². The van der Waals surface area contributed by atoms with Crippen LogP contribution in [0, 0.1) is 24.4 Å². The fourth-order valence-electron chi connectivity index (χ4n) is 3.69. The number of likely N-dealkylation sites (tertiary alicyclic amines) is 1. The third kappa shape index (κ3) is 3.99. The van der Waals surface area contributed by atoms with Gasteiger partial charge in [0.05, 0.1) is 37.1 Å². The Labute approximate surface area is 185 Å². The number of hydrogen-bond acceptors (Lipinski definition) is 7. The van der Waals surface area contributed by atoms with Crippen molar-refractivity contribution in [1.82, 2.24) is 25.0 Å². The first-order valence-corrected chi connectivity index (χ1v) is 10.1. The van der Waals surface area contributed by atoms with E-state index in [2.05, 4.69) is 20.2 Å². The minimum Gasteiger partial charge on any atom is -0.468 e. The molecule has 1 atom stereocenters. The molecule has 0 N–H and O–H groups in total. The van der Waals surface area contributed by atoms with E-state index in [-0.39, 0.29) is 24.8 Å². The fraction of sp³-hybridized carbons (Fsp3) is 0.286. The first-order valence-electron chi connectivity index (χ1n) is 10.1. The summed E-state index contributed by atoms with van der Waals surface area (Å²) in [5.74, 6) is -1.76. The average molecular weight is 458 g/mol. The minimum absolute atomic E-state index is 0.167. The molecule has 2 aliphatic heterocycles. The van der Waals surface area contributed by atoms with Gasteiger partial charge in [-0.2, -0.15) is 14.5 Å². The van der Waals surface area contributed by atoms with Gasteiger partial charge in [0, 0.05) is 18.7 Å². The van der Waals surface area contributed by atoms with Crippen molar-refractivity contribution in [3.8, 4) is 17.3 Å². The van der Waals surface area contributed by atoms with Crippen LogP contribution in [0.4, 0.5) is 18.0 Å². The molecule has 0 radical (unpaired) electrons. The number of carbonyl (C=O) groups is 1. The summed E-state index contributed by atoms with van der Waals surface area (Å²) in [5, 5.41) is 8.90. The maximum atomic E-state index is 14.2. The van der Waals surface area contributed by atoms with E-state index < -0.39 is 35.6 Å². The largest absolute Gasteiger partial charge is 0.468 e. The fourth-order valence-corrected chi connectivity index (χ4v) is 3.69. The summed E-state index contributed by atoms with van der Waals surface area (Å²) in [7, 11) is 0. The number of amides is 2. The number of hydrogen-bond donors (Lipinski definition) is 0. The van der Waals surface area contributed by atoms with Crippen LogP contribution < -0.4 is 4.74 Å². The lowest BCUT2D eigenvalue weighted by atomic mass is 10.0. The normalized spacial score (nSPS) is 18.0. The number of urea groups is 1. The van der Waals surface area contributed by atoms with Crippen molar-refractivity contribution in [2.45, 2.75) is 25.5 Å². The van der Waals surface area contributed by atoms with Crippen molar-refractivity contribution in [2.75, 3.05) is 13.1 Å². The van der Waals surface area contributed by atoms with Crippen molar-refractivity contribution in [1.29, 1.82) is 0 Å². The summed E-state index contributed by atoms with van der Waals surface area (Å²) in [5.41, 5.74) is 0.822. The molecule has 5 rings (SSSR count). The second-order valence-corrected chi connectivity index (χ2v) is 7.67. The lowest BCUT2D eigenvalue weighted by Crippen LogP contribution is -2.59. The van der Waals surface area contributed by atoms with Crippen LogP contribution in [0.5, 0.6) is 5.88 Å². The van der Waals surface area contributed by atoms with E-state index in [0.29, 0.717) is 23.3 Å². The number of aromatic nitrogens is 3. The second-order valence-electron chi connectivity index (χ2n) is 7.67. The number of rotatable bonds is 4. The van der Waals surface area contributed by atoms with Gasteiger partial charge in [-0.05, 0) is 24.6 Å². The molecule has 0 spiro atoms. The van der Waals surface area contributed by atoms with Crippen LogP contribution >= 0.6 is 0 Å². The monoisotopic (exact) mass is 458 g/mol. The van der Waals surface area contributed by atoms with Crippen LogP contribution in [0.25, 0.3) is 11.4 Å². The molecule has 12 heteroatoms. The number of halogens is 3. The highest BCUT2D eigenvalue weighted by atomic mass is 19.1. The van der Waals surface area contributed by atoms with Crippen molar-refractivity contribution < 1.29 is 27.2 Å². The van der Waals surface area contributed by atoms with E-state index in [0.717, 1.165) is 12.3 Å². The Morgan fingerprint density at radius 1 is 1.15 bits per heavy atom. The minimum atomic E-state index is -0.741. The van der Waals surface area contributed by atoms with Gasteiger partial charge >= 0.3 is 6.03 Å². The molecule has 2 aromatic heterocycles. The summed E-state index contributed by atoms with van der Waals surface area (Å²) in [6.07, 6.45) is 3.77. The molecule has 0 saturated carbocycles. The summed E-state index contributed by atoms with van der Waals surface area (Å²) in [6, 6.07) is 2.07. The number of hydrazone groups is 1. The lowest BCUT2D eigenvalue weighted by molar-refractivity contribution is 0.0230. The van der Waals surface area contributed by atoms with E-state index in [9.17, 15) is 18.0 Å². The van der Waals surface area contributed by atoms with Gasteiger partial charge in [-0.15, -0.1) is 0 Å². The van der Waals surface area contributed by atoms with E-state index in [1.54, 1.807) is 6.92 Å². The van der Waals surface area contributed by atoms with Gasteiger partial charge in [0.2, 0.25) is 5.82 Å². The van der Waals surface area contributed by atoms with Crippen molar-refractivity contribution in [2.24, 2.45) is 5.10 Å². The highest BCUT2D eigenvalue weighted by Crippen LogP contribution is 2.32. The maximum Gasteiger partial charge on any atom is 0.341 e. The number of carbonyl (C=O) groups excluding carboxylic acids is 1. The van der Waals surface area contributed by atoms with Gasteiger partial charge in [0.15, 0.2) is 5.82 Å². The Morgan fingerprint density at radius 2 is 1.91 bits per heavy atom. The summed E-state index contributed by atoms with van der Waals surface area (Å²) < 4.78 is 52.0. The number of benzene rings is 1. The predicted octanol–water partition coefficient (Wildman–Crippen LogP) is 3.47. The zero-order valence-electron chi connectivity index (χ0n) is 17.3. The molecular formula is C21H17F3N6O3. The van der Waals surface area contributed by atoms with Gasteiger partial charge < -0.3 is 14.2 Å². The molecule has 33 heavy (non-hydrogen) atoms.